The number of H-pyrrole nitrogens is 1. The van der Waals surface area contributed by atoms with Gasteiger partial charge in [0, 0.05) is 29.4 Å². The number of aromatic nitrogens is 3. The number of nitriles is 1. The van der Waals surface area contributed by atoms with Crippen molar-refractivity contribution in [2.24, 2.45) is 5.73 Å². The molecule has 0 aliphatic carbocycles. The number of fused-ring (bicyclic) bond motifs is 1. The van der Waals surface area contributed by atoms with Crippen molar-refractivity contribution in [3.8, 4) is 17.2 Å². The summed E-state index contributed by atoms with van der Waals surface area (Å²) in [5, 5.41) is 13.1. The number of nitrogens with one attached hydrogen (secondary N) is 1. The Morgan fingerprint density at radius 3 is 2.61 bits per heavy atom. The van der Waals surface area contributed by atoms with Crippen molar-refractivity contribution in [1.29, 1.82) is 5.26 Å². The Kier molecular flexibility index (Phi) is 5.36. The highest BCUT2D eigenvalue weighted by Gasteiger charge is 2.19. The fourth-order valence-corrected chi connectivity index (χ4v) is 3.61. The first-order valence-electron chi connectivity index (χ1n) is 9.70. The predicted octanol–water partition coefficient (Wildman–Crippen LogP) is 3.78. The van der Waals surface area contributed by atoms with Crippen molar-refractivity contribution in [3.05, 3.63) is 93.0 Å². The van der Waals surface area contributed by atoms with Crippen LogP contribution in [-0.2, 0) is 6.42 Å². The van der Waals surface area contributed by atoms with Gasteiger partial charge in [-0.3, -0.25) is 4.79 Å². The van der Waals surface area contributed by atoms with Crippen LogP contribution in [0.15, 0.2) is 53.3 Å². The number of aryl methyl sites for hydroxylation is 2. The van der Waals surface area contributed by atoms with Gasteiger partial charge in [0.25, 0.3) is 5.56 Å². The molecule has 4 aromatic rings. The van der Waals surface area contributed by atoms with Gasteiger partial charge in [-0.25, -0.2) is 8.78 Å². The molecule has 2 heterocycles. The van der Waals surface area contributed by atoms with Crippen LogP contribution in [0.25, 0.3) is 16.8 Å². The number of halogens is 2. The molecule has 2 aromatic carbocycles. The second-order valence-corrected chi connectivity index (χ2v) is 7.36. The lowest BCUT2D eigenvalue weighted by Gasteiger charge is -2.13. The zero-order valence-electron chi connectivity index (χ0n) is 16.7. The van der Waals surface area contributed by atoms with Crippen LogP contribution in [-0.4, -0.2) is 14.6 Å². The first kappa shape index (κ1) is 20.4. The van der Waals surface area contributed by atoms with E-state index >= 15 is 0 Å². The molecule has 0 aliphatic rings. The Balaban J connectivity index is 1.69. The van der Waals surface area contributed by atoms with Crippen molar-refractivity contribution < 1.29 is 8.78 Å². The third-order valence-corrected chi connectivity index (χ3v) is 5.24. The van der Waals surface area contributed by atoms with E-state index in [9.17, 15) is 13.6 Å². The fourth-order valence-electron chi connectivity index (χ4n) is 3.61. The Morgan fingerprint density at radius 2 is 1.94 bits per heavy atom. The molecule has 0 bridgehead atoms. The number of hydrogen-bond acceptors (Lipinski definition) is 4. The normalized spacial score (nSPS) is 12.1. The van der Waals surface area contributed by atoms with Gasteiger partial charge < -0.3 is 10.7 Å². The van der Waals surface area contributed by atoms with Crippen LogP contribution in [0, 0.1) is 29.9 Å². The number of hydrogen-bond donors (Lipinski definition) is 2. The van der Waals surface area contributed by atoms with Gasteiger partial charge in [0.05, 0.1) is 22.9 Å². The molecule has 0 aliphatic heterocycles. The molecule has 156 valence electrons. The van der Waals surface area contributed by atoms with Gasteiger partial charge in [0.1, 0.15) is 17.3 Å². The third kappa shape index (κ3) is 3.96. The van der Waals surface area contributed by atoms with E-state index in [1.54, 1.807) is 19.1 Å². The van der Waals surface area contributed by atoms with E-state index in [0.717, 1.165) is 22.2 Å². The molecule has 31 heavy (non-hydrogen) atoms. The molecule has 0 spiro atoms. The summed E-state index contributed by atoms with van der Waals surface area (Å²) < 4.78 is 28.9. The molecule has 0 saturated heterocycles. The zero-order valence-corrected chi connectivity index (χ0v) is 16.7. The predicted molar refractivity (Wildman–Crippen MR) is 112 cm³/mol. The number of rotatable bonds is 5. The summed E-state index contributed by atoms with van der Waals surface area (Å²) in [6.07, 6.45) is 1.20. The van der Waals surface area contributed by atoms with Gasteiger partial charge in [0.15, 0.2) is 0 Å². The number of nitrogens with two attached hydrogens (primary N) is 1. The first-order chi connectivity index (χ1) is 14.9. The highest BCUT2D eigenvalue weighted by molar-refractivity contribution is 5.80. The van der Waals surface area contributed by atoms with Gasteiger partial charge in [-0.2, -0.15) is 14.9 Å². The van der Waals surface area contributed by atoms with Crippen LogP contribution in [0.1, 0.15) is 35.0 Å². The smallest absolute Gasteiger partial charge is 0.274 e. The van der Waals surface area contributed by atoms with Crippen molar-refractivity contribution in [1.82, 2.24) is 14.6 Å². The van der Waals surface area contributed by atoms with Gasteiger partial charge in [-0.1, -0.05) is 12.1 Å². The van der Waals surface area contributed by atoms with E-state index in [4.69, 9.17) is 11.0 Å². The Hall–Kier alpha value is -3.83. The summed E-state index contributed by atoms with van der Waals surface area (Å²) in [5.74, 6) is -1.43. The summed E-state index contributed by atoms with van der Waals surface area (Å²) in [6, 6.07) is 13.5. The average Bonchev–Trinajstić information content (AvgIpc) is 3.09. The molecular formula is C23H19F2N5O. The summed E-state index contributed by atoms with van der Waals surface area (Å²) in [4.78, 5) is 15.7. The van der Waals surface area contributed by atoms with Crippen LogP contribution in [0.3, 0.4) is 0 Å². The number of benzene rings is 2. The monoisotopic (exact) mass is 419 g/mol. The molecule has 3 N–H and O–H groups in total. The maximum Gasteiger partial charge on any atom is 0.274 e. The first-order valence-corrected chi connectivity index (χ1v) is 9.70. The second kappa shape index (κ2) is 8.13. The van der Waals surface area contributed by atoms with Crippen LogP contribution >= 0.6 is 0 Å². The molecule has 0 amide bonds. The van der Waals surface area contributed by atoms with Gasteiger partial charge in [-0.15, -0.1) is 0 Å². The quantitative estimate of drug-likeness (QED) is 0.514. The minimum Gasteiger partial charge on any atom is -0.341 e. The average molecular weight is 419 g/mol. The van der Waals surface area contributed by atoms with E-state index in [0.29, 0.717) is 41.0 Å². The van der Waals surface area contributed by atoms with Crippen molar-refractivity contribution >= 4 is 5.65 Å². The topological polar surface area (TPSA) is 100.0 Å². The maximum absolute atomic E-state index is 14.4. The summed E-state index contributed by atoms with van der Waals surface area (Å²) in [5.41, 5.74) is 9.30. The summed E-state index contributed by atoms with van der Waals surface area (Å²) in [7, 11) is 0. The SMILES string of the molecule is Cc1nn2c(=O)cc(C(N)CCc3ccc(C#N)cc3)[nH]c2c1-c1ccc(F)cc1F. The lowest BCUT2D eigenvalue weighted by Crippen LogP contribution is -2.21. The van der Waals surface area contributed by atoms with E-state index in [-0.39, 0.29) is 5.56 Å². The van der Waals surface area contributed by atoms with Crippen molar-refractivity contribution in [3.63, 3.8) is 0 Å². The molecule has 1 atom stereocenters. The summed E-state index contributed by atoms with van der Waals surface area (Å²) >= 11 is 0. The van der Waals surface area contributed by atoms with Crippen molar-refractivity contribution in [2.75, 3.05) is 0 Å². The second-order valence-electron chi connectivity index (χ2n) is 7.36. The van der Waals surface area contributed by atoms with E-state index in [2.05, 4.69) is 16.2 Å². The molecule has 8 heteroatoms. The van der Waals surface area contributed by atoms with Crippen LogP contribution < -0.4 is 11.3 Å². The fraction of sp³-hybridized carbons (Fsp3) is 0.174. The van der Waals surface area contributed by atoms with E-state index in [1.807, 2.05) is 12.1 Å². The number of nitrogens with zero attached hydrogens (tertiary/aromatic N) is 3. The van der Waals surface area contributed by atoms with Gasteiger partial charge >= 0.3 is 0 Å². The van der Waals surface area contributed by atoms with E-state index < -0.39 is 23.2 Å². The highest BCUT2D eigenvalue weighted by Crippen LogP contribution is 2.30. The molecule has 6 nitrogen and oxygen atoms in total. The van der Waals surface area contributed by atoms with Gasteiger partial charge in [-0.05, 0) is 49.6 Å². The van der Waals surface area contributed by atoms with Crippen LogP contribution in [0.4, 0.5) is 8.78 Å². The van der Waals surface area contributed by atoms with Crippen molar-refractivity contribution in [2.45, 2.75) is 25.8 Å². The summed E-state index contributed by atoms with van der Waals surface area (Å²) in [6.45, 7) is 1.66. The lowest BCUT2D eigenvalue weighted by atomic mass is 10.0. The standard InChI is InChI=1S/C23H19F2N5O/c1-13-22(17-8-7-16(24)10-18(17)25)23-28-20(11-21(31)30(23)29-13)19(27)9-6-14-2-4-15(12-26)5-3-14/h2-5,7-8,10-11,19,28H,6,9,27H2,1H3. The molecule has 1 unspecified atom stereocenters. The largest absolute Gasteiger partial charge is 0.341 e. The minimum absolute atomic E-state index is 0.146. The molecule has 2 aromatic heterocycles. The van der Waals surface area contributed by atoms with Crippen LogP contribution in [0.5, 0.6) is 0 Å². The lowest BCUT2D eigenvalue weighted by molar-refractivity contribution is 0.585. The molecule has 0 radical (unpaired) electrons. The molecule has 0 fully saturated rings. The Morgan fingerprint density at radius 1 is 1.19 bits per heavy atom. The highest BCUT2D eigenvalue weighted by atomic mass is 19.1. The minimum atomic E-state index is -0.741. The maximum atomic E-state index is 14.4. The van der Waals surface area contributed by atoms with Crippen LogP contribution in [0.2, 0.25) is 0 Å². The third-order valence-electron chi connectivity index (χ3n) is 5.24. The number of aromatic amines is 1. The Bertz CT molecular complexity index is 1370. The molecule has 4 rings (SSSR count). The molecular weight excluding hydrogens is 400 g/mol. The van der Waals surface area contributed by atoms with Gasteiger partial charge in [0.2, 0.25) is 0 Å². The Labute approximate surface area is 176 Å². The zero-order chi connectivity index (χ0) is 22.1. The van der Waals surface area contributed by atoms with E-state index in [1.165, 1.54) is 12.1 Å². The molecule has 0 saturated carbocycles.